The van der Waals surface area contributed by atoms with Crippen molar-refractivity contribution in [2.45, 2.75) is 20.1 Å². The lowest BCUT2D eigenvalue weighted by Gasteiger charge is -2.37. The summed E-state index contributed by atoms with van der Waals surface area (Å²) in [7, 11) is 0. The van der Waals surface area contributed by atoms with Gasteiger partial charge in [-0.1, -0.05) is 12.1 Å². The van der Waals surface area contributed by atoms with Crippen molar-refractivity contribution < 1.29 is 42.9 Å². The largest absolute Gasteiger partial charge is 0.478 e. The quantitative estimate of drug-likeness (QED) is 0.250. The molecule has 0 saturated carbocycles. The van der Waals surface area contributed by atoms with Crippen molar-refractivity contribution in [3.63, 3.8) is 0 Å². The number of carboxylic acids is 1. The third kappa shape index (κ3) is 6.78. The Morgan fingerprint density at radius 2 is 1.69 bits per heavy atom. The number of hydrogen-bond donors (Lipinski definition) is 2. The van der Waals surface area contributed by atoms with Gasteiger partial charge in [0.05, 0.1) is 23.3 Å². The average Bonchev–Trinajstić information content (AvgIpc) is 3.49. The van der Waals surface area contributed by atoms with Crippen LogP contribution in [0.25, 0.3) is 10.9 Å². The van der Waals surface area contributed by atoms with Crippen molar-refractivity contribution in [2.75, 3.05) is 37.7 Å². The number of aromatic nitrogens is 2. The van der Waals surface area contributed by atoms with E-state index in [-0.39, 0.29) is 18.4 Å². The van der Waals surface area contributed by atoms with Gasteiger partial charge < -0.3 is 19.5 Å². The number of halogens is 1. The number of nitrogens with one attached hydrogen (secondary N) is 1. The molecule has 220 valence electrons. The van der Waals surface area contributed by atoms with E-state index < -0.39 is 30.1 Å². The van der Waals surface area contributed by atoms with Crippen molar-refractivity contribution in [3.05, 3.63) is 71.6 Å². The highest BCUT2D eigenvalue weighted by atomic mass is 19.1. The van der Waals surface area contributed by atoms with Crippen LogP contribution in [0.3, 0.4) is 0 Å². The van der Waals surface area contributed by atoms with Gasteiger partial charge in [0.2, 0.25) is 0 Å². The molecule has 1 unspecified atom stereocenters. The van der Waals surface area contributed by atoms with Gasteiger partial charge in [-0.25, -0.2) is 18.8 Å². The third-order valence-corrected chi connectivity index (χ3v) is 6.48. The number of nitrogens with zero attached hydrogens (tertiary/aromatic N) is 4. The van der Waals surface area contributed by atoms with Gasteiger partial charge in [0.15, 0.2) is 12.0 Å². The van der Waals surface area contributed by atoms with E-state index in [2.05, 4.69) is 10.4 Å². The van der Waals surface area contributed by atoms with E-state index in [0.29, 0.717) is 54.0 Å². The molecule has 1 saturated heterocycles. The fourth-order valence-electron chi connectivity index (χ4n) is 4.46. The summed E-state index contributed by atoms with van der Waals surface area (Å²) in [5.74, 6) is -2.51. The fraction of sp³-hybridized carbons (Fsp3) is 0.286. The Balaban J connectivity index is 0.000000305. The lowest BCUT2D eigenvalue weighted by atomic mass is 10.1. The van der Waals surface area contributed by atoms with Crippen molar-refractivity contribution in [3.8, 4) is 0 Å². The predicted octanol–water partition coefficient (Wildman–Crippen LogP) is 2.40. The topological polar surface area (TPSA) is 160 Å². The van der Waals surface area contributed by atoms with Crippen LogP contribution in [0, 0.1) is 5.82 Å². The molecule has 2 N–H and O–H groups in total. The molecule has 14 heteroatoms. The zero-order chi connectivity index (χ0) is 30.4. The standard InChI is InChI=1S/C20H23FN4O6.C8H5NO2/c1-3-30-20(29)25-16-12-14(21)4-5-15(16)19(22-25)24-10-8-23(9-11-24)13(2)31-18(28)7-6-17(26)27;10-7-5-3-1-2-4-6(5)8(11)9-7/h4-7,12-13H,3,8-11H2,1-2H3,(H,26,27);1-4H,(H,9,10,11)/b7-6-;. The number of amides is 2. The SMILES string of the molecule is CCOC(=O)n1nc(N2CCN(C(C)OC(=O)/C=C\C(=O)O)CC2)c2ccc(F)cc21.O=C1NC(=O)c2ccccc21. The monoisotopic (exact) mass is 581 g/mol. The van der Waals surface area contributed by atoms with Crippen LogP contribution in [-0.2, 0) is 19.1 Å². The number of anilines is 1. The van der Waals surface area contributed by atoms with Crippen LogP contribution >= 0.6 is 0 Å². The van der Waals surface area contributed by atoms with Crippen molar-refractivity contribution in [1.29, 1.82) is 0 Å². The fourth-order valence-corrected chi connectivity index (χ4v) is 4.46. The normalized spacial score (nSPS) is 15.5. The van der Waals surface area contributed by atoms with Gasteiger partial charge in [0.25, 0.3) is 11.8 Å². The summed E-state index contributed by atoms with van der Waals surface area (Å²) < 4.78 is 25.1. The summed E-state index contributed by atoms with van der Waals surface area (Å²) in [5.41, 5.74) is 1.26. The molecule has 0 spiro atoms. The highest BCUT2D eigenvalue weighted by Crippen LogP contribution is 2.28. The number of carbonyl (C=O) groups excluding carboxylic acids is 4. The molecule has 2 amide bonds. The van der Waals surface area contributed by atoms with Gasteiger partial charge in [0, 0.05) is 49.8 Å². The number of carboxylic acid groups (broad SMARTS) is 1. The van der Waals surface area contributed by atoms with E-state index in [4.69, 9.17) is 14.6 Å². The summed E-state index contributed by atoms with van der Waals surface area (Å²) in [5, 5.41) is 15.8. The number of imide groups is 1. The smallest absolute Gasteiger partial charge is 0.435 e. The molecule has 3 aromatic rings. The second-order valence-electron chi connectivity index (χ2n) is 9.16. The molecule has 2 aliphatic rings. The molecular weight excluding hydrogens is 553 g/mol. The van der Waals surface area contributed by atoms with E-state index in [0.717, 1.165) is 16.8 Å². The summed E-state index contributed by atoms with van der Waals surface area (Å²) in [6.45, 7) is 5.67. The number of fused-ring (bicyclic) bond motifs is 2. The number of aliphatic carboxylic acids is 1. The maximum absolute atomic E-state index is 13.8. The Morgan fingerprint density at radius 3 is 2.29 bits per heavy atom. The minimum Gasteiger partial charge on any atom is -0.478 e. The van der Waals surface area contributed by atoms with Gasteiger partial charge in [-0.2, -0.15) is 4.68 Å². The van der Waals surface area contributed by atoms with Crippen molar-refractivity contribution in [2.24, 2.45) is 0 Å². The van der Waals surface area contributed by atoms with Crippen LogP contribution in [0.5, 0.6) is 0 Å². The Morgan fingerprint density at radius 1 is 1.05 bits per heavy atom. The van der Waals surface area contributed by atoms with Gasteiger partial charge in [-0.15, -0.1) is 5.10 Å². The first kappa shape index (κ1) is 29.9. The highest BCUT2D eigenvalue weighted by molar-refractivity contribution is 6.21. The highest BCUT2D eigenvalue weighted by Gasteiger charge is 2.27. The van der Waals surface area contributed by atoms with Gasteiger partial charge >= 0.3 is 18.0 Å². The van der Waals surface area contributed by atoms with Gasteiger partial charge in [-0.3, -0.25) is 19.8 Å². The molecule has 0 bridgehead atoms. The molecule has 2 aromatic carbocycles. The Bertz CT molecular complexity index is 1530. The molecule has 3 heterocycles. The van der Waals surface area contributed by atoms with Crippen molar-refractivity contribution in [1.82, 2.24) is 20.0 Å². The van der Waals surface area contributed by atoms with E-state index >= 15 is 0 Å². The van der Waals surface area contributed by atoms with E-state index in [9.17, 15) is 28.4 Å². The maximum atomic E-state index is 13.8. The van der Waals surface area contributed by atoms with Crippen LogP contribution in [0.2, 0.25) is 0 Å². The second-order valence-corrected chi connectivity index (χ2v) is 9.16. The first-order valence-corrected chi connectivity index (χ1v) is 13.0. The summed E-state index contributed by atoms with van der Waals surface area (Å²) >= 11 is 0. The van der Waals surface area contributed by atoms with Crippen LogP contribution in [0.1, 0.15) is 34.6 Å². The predicted molar refractivity (Wildman–Crippen MR) is 146 cm³/mol. The summed E-state index contributed by atoms with van der Waals surface area (Å²) in [6.07, 6.45) is 0.359. The third-order valence-electron chi connectivity index (χ3n) is 6.48. The number of esters is 1. The number of piperazine rings is 1. The minimum absolute atomic E-state index is 0.168. The van der Waals surface area contributed by atoms with E-state index in [1.165, 1.54) is 12.1 Å². The Labute approximate surface area is 239 Å². The lowest BCUT2D eigenvalue weighted by molar-refractivity contribution is -0.152. The first-order chi connectivity index (χ1) is 20.1. The zero-order valence-corrected chi connectivity index (χ0v) is 22.8. The molecule has 1 aromatic heterocycles. The number of carbonyl (C=O) groups is 5. The average molecular weight is 582 g/mol. The molecule has 1 fully saturated rings. The van der Waals surface area contributed by atoms with Gasteiger partial charge in [-0.05, 0) is 38.1 Å². The van der Waals surface area contributed by atoms with Gasteiger partial charge in [0.1, 0.15) is 5.82 Å². The number of rotatable bonds is 6. The Kier molecular flexibility index (Phi) is 9.27. The number of ether oxygens (including phenoxy) is 2. The summed E-state index contributed by atoms with van der Waals surface area (Å²) in [6, 6.07) is 10.9. The molecular formula is C28H28FN5O8. The molecule has 2 aliphatic heterocycles. The van der Waals surface area contributed by atoms with Crippen molar-refractivity contribution >= 4 is 46.6 Å². The molecule has 0 aliphatic carbocycles. The molecule has 5 rings (SSSR count). The van der Waals surface area contributed by atoms with Crippen LogP contribution in [0.15, 0.2) is 54.6 Å². The van der Waals surface area contributed by atoms with E-state index in [1.807, 2.05) is 9.80 Å². The lowest BCUT2D eigenvalue weighted by Crippen LogP contribution is -2.50. The molecule has 13 nitrogen and oxygen atoms in total. The molecule has 1 atom stereocenters. The molecule has 0 radical (unpaired) electrons. The van der Waals surface area contributed by atoms with Crippen LogP contribution < -0.4 is 10.2 Å². The van der Waals surface area contributed by atoms with Crippen LogP contribution in [0.4, 0.5) is 15.0 Å². The number of hydrogen-bond acceptors (Lipinski definition) is 10. The second kappa shape index (κ2) is 13.0. The van der Waals surface area contributed by atoms with Crippen LogP contribution in [-0.4, -0.2) is 88.6 Å². The zero-order valence-electron chi connectivity index (χ0n) is 22.8. The number of benzene rings is 2. The van der Waals surface area contributed by atoms with E-state index in [1.54, 1.807) is 44.2 Å². The molecule has 42 heavy (non-hydrogen) atoms. The maximum Gasteiger partial charge on any atom is 0.435 e. The first-order valence-electron chi connectivity index (χ1n) is 13.0. The minimum atomic E-state index is -1.23. The summed E-state index contributed by atoms with van der Waals surface area (Å²) in [4.78, 5) is 60.2. The Hall–Kier alpha value is -5.11.